The van der Waals surface area contributed by atoms with Crippen LogP contribution in [0.4, 0.5) is 5.82 Å². The van der Waals surface area contributed by atoms with Gasteiger partial charge in [-0.3, -0.25) is 4.79 Å². The number of nitrogens with one attached hydrogen (secondary N) is 1. The minimum atomic E-state index is -0.648. The molecule has 0 radical (unpaired) electrons. The summed E-state index contributed by atoms with van der Waals surface area (Å²) in [5, 5.41) is 23.4. The number of hydrogen-bond donors (Lipinski definition) is 2. The third-order valence-corrected chi connectivity index (χ3v) is 10.5. The molecule has 1 heterocycles. The summed E-state index contributed by atoms with van der Waals surface area (Å²) in [4.78, 5) is 17.6. The number of rotatable bonds is 5. The van der Waals surface area contributed by atoms with Gasteiger partial charge in [0.25, 0.3) is 0 Å². The van der Waals surface area contributed by atoms with E-state index < -0.39 is 5.60 Å². The predicted molar refractivity (Wildman–Crippen MR) is 135 cm³/mol. The fourth-order valence-corrected chi connectivity index (χ4v) is 8.82. The number of carbonyl (C=O) groups is 1. The fraction of sp³-hybridized carbons (Fsp3) is 0.750. The van der Waals surface area contributed by atoms with Gasteiger partial charge in [-0.1, -0.05) is 18.5 Å². The molecule has 4 aliphatic carbocycles. The zero-order valence-electron chi connectivity index (χ0n) is 20.9. The topological polar surface area (TPSA) is 95.2 Å². The lowest BCUT2D eigenvalue weighted by atomic mass is 9.49. The second kappa shape index (κ2) is 9.65. The summed E-state index contributed by atoms with van der Waals surface area (Å²) in [5.41, 5.74) is -0.264. The highest BCUT2D eigenvalue weighted by molar-refractivity contribution is 6.33. The van der Waals surface area contributed by atoms with Gasteiger partial charge in [0.2, 0.25) is 5.91 Å². The van der Waals surface area contributed by atoms with Crippen LogP contribution in [0.25, 0.3) is 0 Å². The first-order valence-electron chi connectivity index (χ1n) is 13.4. The zero-order valence-corrected chi connectivity index (χ0v) is 21.7. The summed E-state index contributed by atoms with van der Waals surface area (Å²) < 4.78 is 5.61. The van der Waals surface area contributed by atoms with E-state index in [4.69, 9.17) is 21.6 Å². The predicted octanol–water partition coefficient (Wildman–Crippen LogP) is 5.58. The van der Waals surface area contributed by atoms with Gasteiger partial charge >= 0.3 is 0 Å². The SMILES string of the molecule is CCOC[C@@]1(O)CC[C@H]2[C@H](CC[C@@H]3[C@@H]2CC[C@]2(C)[C@@H](C(=O)Nc4ncc(C#N)cc4Cl)CC[C@@H]32)C1. The largest absolute Gasteiger partial charge is 0.387 e. The lowest BCUT2D eigenvalue weighted by molar-refractivity contribution is -0.135. The Kier molecular flexibility index (Phi) is 6.89. The summed E-state index contributed by atoms with van der Waals surface area (Å²) in [7, 11) is 0. The third kappa shape index (κ3) is 4.49. The number of fused-ring (bicyclic) bond motifs is 5. The Balaban J connectivity index is 1.27. The number of nitrogens with zero attached hydrogens (tertiary/aromatic N) is 2. The number of anilines is 1. The standard InChI is InChI=1S/C28H38ClN3O3/c1-3-35-16-28(34)11-9-19-18(13-28)4-5-21-20(19)8-10-27(2)22(21)6-7-23(27)26(33)32-25-24(29)12-17(14-30)15-31-25/h12,15,18-23,34H,3-11,13,16H2,1-2H3,(H,31,32,33)/t18-,19+,20-,21-,22+,23-,27+,28-/m1/s1. The first-order valence-corrected chi connectivity index (χ1v) is 13.8. The van der Waals surface area contributed by atoms with Crippen molar-refractivity contribution in [1.29, 1.82) is 5.26 Å². The van der Waals surface area contributed by atoms with E-state index in [0.29, 0.717) is 53.3 Å². The maximum absolute atomic E-state index is 13.4. The molecular weight excluding hydrogens is 462 g/mol. The number of amides is 1. The molecule has 0 saturated heterocycles. The van der Waals surface area contributed by atoms with Crippen molar-refractivity contribution in [3.63, 3.8) is 0 Å². The van der Waals surface area contributed by atoms with Crippen molar-refractivity contribution in [2.75, 3.05) is 18.5 Å². The number of aliphatic hydroxyl groups is 1. The summed E-state index contributed by atoms with van der Waals surface area (Å²) in [6.45, 7) is 5.45. The van der Waals surface area contributed by atoms with Gasteiger partial charge in [-0.2, -0.15) is 5.26 Å². The number of aromatic nitrogens is 1. The molecule has 1 aromatic heterocycles. The molecular formula is C28H38ClN3O3. The van der Waals surface area contributed by atoms with Gasteiger partial charge in [0.05, 0.1) is 22.8 Å². The fourth-order valence-electron chi connectivity index (χ4n) is 8.61. The highest BCUT2D eigenvalue weighted by atomic mass is 35.5. The van der Waals surface area contributed by atoms with E-state index in [0.717, 1.165) is 44.4 Å². The molecule has 0 aromatic carbocycles. The number of nitriles is 1. The molecule has 35 heavy (non-hydrogen) atoms. The molecule has 1 aromatic rings. The minimum absolute atomic E-state index is 0.00151. The molecule has 4 fully saturated rings. The third-order valence-electron chi connectivity index (χ3n) is 10.2. The molecule has 0 aliphatic heterocycles. The normalized spacial score (nSPS) is 40.2. The molecule has 1 amide bonds. The van der Waals surface area contributed by atoms with E-state index in [1.807, 2.05) is 13.0 Å². The maximum atomic E-state index is 13.4. The van der Waals surface area contributed by atoms with E-state index in [2.05, 4.69) is 17.2 Å². The second-order valence-electron chi connectivity index (χ2n) is 11.9. The van der Waals surface area contributed by atoms with Crippen LogP contribution in [0.5, 0.6) is 0 Å². The number of halogens is 1. The number of carbonyl (C=O) groups excluding carboxylic acids is 1. The molecule has 4 saturated carbocycles. The Morgan fingerprint density at radius 3 is 2.77 bits per heavy atom. The Bertz CT molecular complexity index is 1010. The lowest BCUT2D eigenvalue weighted by Gasteiger charge is -2.57. The average molecular weight is 500 g/mol. The van der Waals surface area contributed by atoms with Crippen molar-refractivity contribution in [2.24, 2.45) is 40.9 Å². The summed E-state index contributed by atoms with van der Waals surface area (Å²) in [6, 6.07) is 3.57. The Morgan fingerprint density at radius 1 is 1.23 bits per heavy atom. The molecule has 0 unspecified atom stereocenters. The first-order chi connectivity index (χ1) is 16.8. The van der Waals surface area contributed by atoms with Gasteiger partial charge in [-0.15, -0.1) is 0 Å². The van der Waals surface area contributed by atoms with Crippen molar-refractivity contribution in [1.82, 2.24) is 4.98 Å². The van der Waals surface area contributed by atoms with E-state index in [1.54, 1.807) is 6.07 Å². The quantitative estimate of drug-likeness (QED) is 0.551. The summed E-state index contributed by atoms with van der Waals surface area (Å²) >= 11 is 6.28. The van der Waals surface area contributed by atoms with Crippen LogP contribution >= 0.6 is 11.6 Å². The van der Waals surface area contributed by atoms with Gasteiger partial charge in [0.15, 0.2) is 5.82 Å². The smallest absolute Gasteiger partial charge is 0.229 e. The second-order valence-corrected chi connectivity index (χ2v) is 12.3. The number of ether oxygens (including phenoxy) is 1. The lowest BCUT2D eigenvalue weighted by Crippen LogP contribution is -2.52. The van der Waals surface area contributed by atoms with Crippen LogP contribution in [0, 0.1) is 52.3 Å². The molecule has 5 rings (SSSR count). The van der Waals surface area contributed by atoms with Crippen LogP contribution in [0.2, 0.25) is 5.02 Å². The van der Waals surface area contributed by atoms with E-state index in [-0.39, 0.29) is 17.2 Å². The first kappa shape index (κ1) is 25.0. The van der Waals surface area contributed by atoms with Crippen LogP contribution in [-0.4, -0.2) is 34.8 Å². The van der Waals surface area contributed by atoms with Crippen LogP contribution in [0.3, 0.4) is 0 Å². The molecule has 7 heteroatoms. The highest BCUT2D eigenvalue weighted by Gasteiger charge is 2.59. The van der Waals surface area contributed by atoms with Gasteiger partial charge in [0, 0.05) is 18.7 Å². The van der Waals surface area contributed by atoms with Crippen molar-refractivity contribution >= 4 is 23.3 Å². The van der Waals surface area contributed by atoms with E-state index in [1.165, 1.54) is 25.5 Å². The van der Waals surface area contributed by atoms with E-state index in [9.17, 15) is 9.90 Å². The highest BCUT2D eigenvalue weighted by Crippen LogP contribution is 2.64. The van der Waals surface area contributed by atoms with Crippen LogP contribution in [0.15, 0.2) is 12.3 Å². The van der Waals surface area contributed by atoms with Gasteiger partial charge < -0.3 is 15.2 Å². The number of pyridine rings is 1. The monoisotopic (exact) mass is 499 g/mol. The molecule has 8 atom stereocenters. The summed E-state index contributed by atoms with van der Waals surface area (Å²) in [6.07, 6.45) is 11.0. The average Bonchev–Trinajstić information content (AvgIpc) is 3.21. The maximum Gasteiger partial charge on any atom is 0.229 e. The molecule has 4 aliphatic rings. The van der Waals surface area contributed by atoms with E-state index >= 15 is 0 Å². The molecule has 2 N–H and O–H groups in total. The minimum Gasteiger partial charge on any atom is -0.387 e. The van der Waals surface area contributed by atoms with Crippen LogP contribution in [0.1, 0.15) is 77.2 Å². The van der Waals surface area contributed by atoms with Crippen molar-refractivity contribution in [3.8, 4) is 6.07 Å². The Hall–Kier alpha value is -1.68. The van der Waals surface area contributed by atoms with Crippen molar-refractivity contribution in [2.45, 2.75) is 77.2 Å². The molecule has 0 spiro atoms. The van der Waals surface area contributed by atoms with Gasteiger partial charge in [0.1, 0.15) is 6.07 Å². The molecule has 0 bridgehead atoms. The number of hydrogen-bond acceptors (Lipinski definition) is 5. The van der Waals surface area contributed by atoms with Crippen LogP contribution in [-0.2, 0) is 9.53 Å². The Morgan fingerprint density at radius 2 is 2.03 bits per heavy atom. The molecule has 190 valence electrons. The van der Waals surface area contributed by atoms with Crippen LogP contribution < -0.4 is 5.32 Å². The zero-order chi connectivity index (χ0) is 24.8. The molecule has 6 nitrogen and oxygen atoms in total. The van der Waals surface area contributed by atoms with Gasteiger partial charge in [-0.05, 0) is 106 Å². The summed E-state index contributed by atoms with van der Waals surface area (Å²) in [5.74, 6) is 3.61. The van der Waals surface area contributed by atoms with Crippen molar-refractivity contribution in [3.05, 3.63) is 22.8 Å². The van der Waals surface area contributed by atoms with Crippen molar-refractivity contribution < 1.29 is 14.6 Å². The Labute approximate surface area is 213 Å². The van der Waals surface area contributed by atoms with Gasteiger partial charge in [-0.25, -0.2) is 4.98 Å².